The van der Waals surface area contributed by atoms with E-state index in [0.717, 1.165) is 6.42 Å². The molecular formula is C17H32O2. The molecule has 0 radical (unpaired) electrons. The van der Waals surface area contributed by atoms with Gasteiger partial charge in [-0.15, -0.1) is 0 Å². The van der Waals surface area contributed by atoms with Crippen molar-refractivity contribution < 1.29 is 9.53 Å². The zero-order valence-corrected chi connectivity index (χ0v) is 13.3. The van der Waals surface area contributed by atoms with Gasteiger partial charge in [0.1, 0.15) is 0 Å². The smallest absolute Gasteiger partial charge is 0.307 e. The van der Waals surface area contributed by atoms with Crippen LogP contribution >= 0.6 is 0 Å². The molecule has 0 saturated heterocycles. The van der Waals surface area contributed by atoms with Gasteiger partial charge in [0.05, 0.1) is 6.26 Å². The van der Waals surface area contributed by atoms with Crippen LogP contribution in [0.1, 0.15) is 85.5 Å². The van der Waals surface area contributed by atoms with Crippen LogP contribution in [0.25, 0.3) is 0 Å². The number of hydrogen-bond donors (Lipinski definition) is 0. The van der Waals surface area contributed by atoms with Crippen LogP contribution in [0.4, 0.5) is 0 Å². The van der Waals surface area contributed by atoms with Gasteiger partial charge in [0.25, 0.3) is 0 Å². The van der Waals surface area contributed by atoms with Gasteiger partial charge in [-0.2, -0.15) is 0 Å². The highest BCUT2D eigenvalue weighted by atomic mass is 16.5. The van der Waals surface area contributed by atoms with Crippen LogP contribution in [0.15, 0.2) is 11.8 Å². The molecule has 0 aliphatic rings. The van der Waals surface area contributed by atoms with Gasteiger partial charge in [0, 0.05) is 6.92 Å². The maximum Gasteiger partial charge on any atom is 0.307 e. The van der Waals surface area contributed by atoms with Crippen molar-refractivity contribution >= 4 is 5.97 Å². The Morgan fingerprint density at radius 3 is 2.00 bits per heavy atom. The number of unbranched alkanes of at least 4 members (excludes halogenated alkanes) is 7. The number of esters is 1. The second-order valence-electron chi connectivity index (χ2n) is 5.68. The molecule has 0 saturated carbocycles. The van der Waals surface area contributed by atoms with Gasteiger partial charge >= 0.3 is 5.97 Å². The molecule has 0 aromatic carbocycles. The fourth-order valence-electron chi connectivity index (χ4n) is 2.11. The zero-order valence-electron chi connectivity index (χ0n) is 13.3. The van der Waals surface area contributed by atoms with Crippen molar-refractivity contribution in [3.63, 3.8) is 0 Å². The molecule has 0 fully saturated rings. The Bertz CT molecular complexity index is 254. The molecule has 0 heterocycles. The van der Waals surface area contributed by atoms with Crippen molar-refractivity contribution in [2.45, 2.75) is 85.5 Å². The topological polar surface area (TPSA) is 26.3 Å². The first-order valence-corrected chi connectivity index (χ1v) is 7.94. The van der Waals surface area contributed by atoms with Crippen LogP contribution < -0.4 is 0 Å². The van der Waals surface area contributed by atoms with Crippen molar-refractivity contribution in [2.24, 2.45) is 5.92 Å². The molecule has 0 N–H and O–H groups in total. The Hall–Kier alpha value is -0.790. The van der Waals surface area contributed by atoms with Crippen molar-refractivity contribution in [3.8, 4) is 0 Å². The number of ether oxygens (including phenoxy) is 1. The molecule has 0 aliphatic carbocycles. The number of carbonyl (C=O) groups is 1. The summed E-state index contributed by atoms with van der Waals surface area (Å²) in [5.41, 5.74) is 1.25. The van der Waals surface area contributed by atoms with Gasteiger partial charge in [-0.3, -0.25) is 4.79 Å². The molecule has 0 aromatic rings. The first-order chi connectivity index (χ1) is 9.07. The number of rotatable bonds is 11. The van der Waals surface area contributed by atoms with Crippen LogP contribution in [-0.2, 0) is 9.53 Å². The van der Waals surface area contributed by atoms with Crippen LogP contribution in [0, 0.1) is 5.92 Å². The van der Waals surface area contributed by atoms with Gasteiger partial charge in [-0.05, 0) is 24.3 Å². The number of allylic oxidation sites excluding steroid dienone is 1. The summed E-state index contributed by atoms with van der Waals surface area (Å²) in [6.07, 6.45) is 13.4. The van der Waals surface area contributed by atoms with Gasteiger partial charge in [-0.1, -0.05) is 65.7 Å². The summed E-state index contributed by atoms with van der Waals surface area (Å²) in [4.78, 5) is 10.8. The summed E-state index contributed by atoms with van der Waals surface area (Å²) in [6, 6.07) is 0. The third-order valence-electron chi connectivity index (χ3n) is 3.44. The molecule has 19 heavy (non-hydrogen) atoms. The Morgan fingerprint density at radius 2 is 1.53 bits per heavy atom. The van der Waals surface area contributed by atoms with E-state index >= 15 is 0 Å². The van der Waals surface area contributed by atoms with E-state index in [0.29, 0.717) is 5.92 Å². The van der Waals surface area contributed by atoms with Crippen LogP contribution in [0.2, 0.25) is 0 Å². The minimum Gasteiger partial charge on any atom is -0.435 e. The Kier molecular flexibility index (Phi) is 11.7. The van der Waals surface area contributed by atoms with E-state index in [-0.39, 0.29) is 5.97 Å². The molecule has 0 bridgehead atoms. The van der Waals surface area contributed by atoms with Gasteiger partial charge in [0.15, 0.2) is 0 Å². The van der Waals surface area contributed by atoms with Crippen molar-refractivity contribution in [3.05, 3.63) is 11.8 Å². The van der Waals surface area contributed by atoms with Gasteiger partial charge in [-0.25, -0.2) is 0 Å². The lowest BCUT2D eigenvalue weighted by Crippen LogP contribution is -1.99. The Labute approximate surface area is 119 Å². The highest BCUT2D eigenvalue weighted by molar-refractivity contribution is 5.66. The minimum atomic E-state index is -0.228. The van der Waals surface area contributed by atoms with E-state index in [4.69, 9.17) is 4.74 Å². The lowest BCUT2D eigenvalue weighted by molar-refractivity contribution is -0.135. The zero-order chi connectivity index (χ0) is 14.5. The second kappa shape index (κ2) is 12.3. The molecular weight excluding hydrogens is 236 g/mol. The third-order valence-corrected chi connectivity index (χ3v) is 3.44. The minimum absolute atomic E-state index is 0.228. The molecule has 0 unspecified atom stereocenters. The lowest BCUT2D eigenvalue weighted by Gasteiger charge is -2.10. The fourth-order valence-corrected chi connectivity index (χ4v) is 2.11. The van der Waals surface area contributed by atoms with Crippen LogP contribution in [0.5, 0.6) is 0 Å². The lowest BCUT2D eigenvalue weighted by atomic mass is 9.97. The first kappa shape index (κ1) is 18.2. The largest absolute Gasteiger partial charge is 0.435 e. The summed E-state index contributed by atoms with van der Waals surface area (Å²) in [5, 5.41) is 0. The first-order valence-electron chi connectivity index (χ1n) is 7.94. The van der Waals surface area contributed by atoms with Crippen molar-refractivity contribution in [1.82, 2.24) is 0 Å². The van der Waals surface area contributed by atoms with Gasteiger partial charge in [0.2, 0.25) is 0 Å². The maximum absolute atomic E-state index is 10.8. The van der Waals surface area contributed by atoms with E-state index in [1.807, 2.05) is 0 Å². The molecule has 0 aliphatic heterocycles. The van der Waals surface area contributed by atoms with E-state index in [2.05, 4.69) is 20.8 Å². The van der Waals surface area contributed by atoms with E-state index in [1.54, 1.807) is 6.26 Å². The molecule has 0 rings (SSSR count). The molecule has 2 nitrogen and oxygen atoms in total. The monoisotopic (exact) mass is 268 g/mol. The molecule has 2 heteroatoms. The maximum atomic E-state index is 10.8. The van der Waals surface area contributed by atoms with Crippen LogP contribution in [-0.4, -0.2) is 5.97 Å². The highest BCUT2D eigenvalue weighted by Gasteiger charge is 2.04. The summed E-state index contributed by atoms with van der Waals surface area (Å²) in [6.45, 7) is 8.01. The third kappa shape index (κ3) is 12.0. The van der Waals surface area contributed by atoms with E-state index in [1.165, 1.54) is 63.9 Å². The summed E-state index contributed by atoms with van der Waals surface area (Å²) < 4.78 is 4.99. The van der Waals surface area contributed by atoms with Gasteiger partial charge < -0.3 is 4.74 Å². The Balaban J connectivity index is 3.65. The van der Waals surface area contributed by atoms with Crippen LogP contribution in [0.3, 0.4) is 0 Å². The predicted molar refractivity (Wildman–Crippen MR) is 81.9 cm³/mol. The molecule has 0 amide bonds. The Morgan fingerprint density at radius 1 is 1.00 bits per heavy atom. The number of carbonyl (C=O) groups excluding carboxylic acids is 1. The molecule has 0 aromatic heterocycles. The van der Waals surface area contributed by atoms with E-state index < -0.39 is 0 Å². The fraction of sp³-hybridized carbons (Fsp3) is 0.824. The average molecular weight is 268 g/mol. The molecule has 0 atom stereocenters. The summed E-state index contributed by atoms with van der Waals surface area (Å²) in [7, 11) is 0. The predicted octanol–water partition coefficient (Wildman–Crippen LogP) is 5.62. The van der Waals surface area contributed by atoms with Crippen molar-refractivity contribution in [2.75, 3.05) is 0 Å². The number of hydrogen-bond acceptors (Lipinski definition) is 2. The molecule has 112 valence electrons. The quantitative estimate of drug-likeness (QED) is 0.276. The standard InChI is InChI=1S/C17H32O2/c1-5-6-7-8-9-10-11-12-13-17(15(2)3)14-19-16(4)18/h14-15H,5-13H2,1-4H3/b17-14-. The molecule has 0 spiro atoms. The SMILES string of the molecule is CCCCCCCCCC/C(=C/OC(C)=O)C(C)C. The summed E-state index contributed by atoms with van der Waals surface area (Å²) in [5.74, 6) is 0.234. The highest BCUT2D eigenvalue weighted by Crippen LogP contribution is 2.19. The van der Waals surface area contributed by atoms with E-state index in [9.17, 15) is 4.79 Å². The normalized spacial score (nSPS) is 11.9. The van der Waals surface area contributed by atoms with Crippen molar-refractivity contribution in [1.29, 1.82) is 0 Å². The average Bonchev–Trinajstić information content (AvgIpc) is 2.35. The summed E-state index contributed by atoms with van der Waals surface area (Å²) >= 11 is 0. The second-order valence-corrected chi connectivity index (χ2v) is 5.68.